The van der Waals surface area contributed by atoms with Gasteiger partial charge in [-0.25, -0.2) is 39.3 Å². The number of rotatable bonds is 7. The van der Waals surface area contributed by atoms with Crippen molar-refractivity contribution in [3.63, 3.8) is 0 Å². The second-order valence-corrected chi connectivity index (χ2v) is 14.7. The van der Waals surface area contributed by atoms with E-state index >= 15 is 0 Å². The summed E-state index contributed by atoms with van der Waals surface area (Å²) in [5, 5.41) is 0.159. The highest BCUT2D eigenvalue weighted by Gasteiger charge is 2.32. The van der Waals surface area contributed by atoms with Crippen molar-refractivity contribution in [2.45, 2.75) is 28.7 Å². The van der Waals surface area contributed by atoms with Gasteiger partial charge in [-0.2, -0.15) is 10.6 Å². The Balaban J connectivity index is 1.54. The summed E-state index contributed by atoms with van der Waals surface area (Å²) in [6.07, 6.45) is -1.50. The normalized spacial score (nSPS) is 18.7. The molecular formula is C24H23F2N3O6S3. The van der Waals surface area contributed by atoms with Gasteiger partial charge in [-0.15, -0.1) is 0 Å². The number of aromatic nitrogens is 2. The summed E-state index contributed by atoms with van der Waals surface area (Å²) in [6, 6.07) is 14.8. The van der Waals surface area contributed by atoms with Gasteiger partial charge in [-0.05, 0) is 53.9 Å². The zero-order valence-electron chi connectivity index (χ0n) is 19.6. The lowest BCUT2D eigenvalue weighted by atomic mass is 10.0. The van der Waals surface area contributed by atoms with Crippen molar-refractivity contribution in [3.8, 4) is 11.1 Å². The molecule has 0 bridgehead atoms. The van der Waals surface area contributed by atoms with Crippen molar-refractivity contribution in [1.82, 2.24) is 13.7 Å². The lowest BCUT2D eigenvalue weighted by Gasteiger charge is -2.26. The first kappa shape index (κ1) is 26.7. The van der Waals surface area contributed by atoms with Gasteiger partial charge in [0.2, 0.25) is 10.0 Å². The number of nitrogens with zero attached hydrogens (tertiary/aromatic N) is 2. The smallest absolute Gasteiger partial charge is 0.279 e. The average Bonchev–Trinajstić information content (AvgIpc) is 3.44. The van der Waals surface area contributed by atoms with Gasteiger partial charge in [0, 0.05) is 23.4 Å². The van der Waals surface area contributed by atoms with Crippen LogP contribution in [0.2, 0.25) is 0 Å². The van der Waals surface area contributed by atoms with Crippen molar-refractivity contribution < 1.29 is 34.7 Å². The third kappa shape index (κ3) is 4.95. The highest BCUT2D eigenvalue weighted by Crippen LogP contribution is 2.46. The molecule has 38 heavy (non-hydrogen) atoms. The molecule has 9 nitrogen and oxygen atoms in total. The van der Waals surface area contributed by atoms with Crippen LogP contribution in [0.15, 0.2) is 82.7 Å². The molecule has 14 heteroatoms. The van der Waals surface area contributed by atoms with Gasteiger partial charge in [-0.1, -0.05) is 30.3 Å². The van der Waals surface area contributed by atoms with Gasteiger partial charge in [0.1, 0.15) is 5.69 Å². The summed E-state index contributed by atoms with van der Waals surface area (Å²) in [7, 11) is -11.1. The number of fused-ring (bicyclic) bond motifs is 1. The van der Waals surface area contributed by atoms with Crippen molar-refractivity contribution in [3.05, 3.63) is 78.6 Å². The molecule has 0 aliphatic carbocycles. The van der Waals surface area contributed by atoms with Crippen LogP contribution in [0.4, 0.5) is 8.78 Å². The van der Waals surface area contributed by atoms with Crippen LogP contribution >= 0.6 is 10.6 Å². The predicted octanol–water partition coefficient (Wildman–Crippen LogP) is 4.68. The fraction of sp³-hybridized carbons (Fsp3) is 0.208. The summed E-state index contributed by atoms with van der Waals surface area (Å²) >= 11 is 0. The van der Waals surface area contributed by atoms with E-state index in [0.29, 0.717) is 21.5 Å². The molecule has 2 aromatic heterocycles. The van der Waals surface area contributed by atoms with Gasteiger partial charge in [0.15, 0.2) is 5.65 Å². The highest BCUT2D eigenvalue weighted by atomic mass is 32.3. The molecule has 0 radical (unpaired) electrons. The van der Waals surface area contributed by atoms with Gasteiger partial charge in [-0.3, -0.25) is 9.11 Å². The summed E-state index contributed by atoms with van der Waals surface area (Å²) in [5.74, 6) is 0.0894. The van der Waals surface area contributed by atoms with Crippen LogP contribution < -0.4 is 4.72 Å². The van der Waals surface area contributed by atoms with Crippen LogP contribution in [0.25, 0.3) is 22.2 Å². The molecule has 0 amide bonds. The number of alkyl halides is 2. The molecule has 0 spiro atoms. The second kappa shape index (κ2) is 9.70. The van der Waals surface area contributed by atoms with E-state index < -0.39 is 48.8 Å². The predicted molar refractivity (Wildman–Crippen MR) is 140 cm³/mol. The molecule has 3 N–H and O–H groups in total. The minimum atomic E-state index is -4.39. The number of pyridine rings is 1. The van der Waals surface area contributed by atoms with Gasteiger partial charge < -0.3 is 0 Å². The van der Waals surface area contributed by atoms with Crippen molar-refractivity contribution in [2.24, 2.45) is 0 Å². The molecule has 4 aromatic rings. The van der Waals surface area contributed by atoms with E-state index in [1.807, 2.05) is 0 Å². The SMILES string of the molecule is O=S(=O)(NC1CCS(O)(O)C1)c1ccc(-c2ccnc3c2cc(C(F)F)n3S(=O)(=O)c2ccccc2)cc1. The minimum Gasteiger partial charge on any atom is -0.299 e. The molecule has 3 heterocycles. The Morgan fingerprint density at radius 1 is 0.974 bits per heavy atom. The number of nitrogens with one attached hydrogen (secondary N) is 1. The van der Waals surface area contributed by atoms with Crippen LogP contribution in [-0.2, 0) is 20.0 Å². The topological polar surface area (TPSA) is 139 Å². The van der Waals surface area contributed by atoms with Crippen LogP contribution in [0, 0.1) is 0 Å². The molecule has 2 aromatic carbocycles. The maximum atomic E-state index is 14.0. The monoisotopic (exact) mass is 583 g/mol. The Bertz CT molecular complexity index is 1710. The first-order chi connectivity index (χ1) is 17.9. The Kier molecular flexibility index (Phi) is 6.82. The first-order valence-corrected chi connectivity index (χ1v) is 16.2. The lowest BCUT2D eigenvalue weighted by Crippen LogP contribution is -2.35. The van der Waals surface area contributed by atoms with Crippen LogP contribution in [-0.4, -0.2) is 52.4 Å². The average molecular weight is 584 g/mol. The van der Waals surface area contributed by atoms with Gasteiger partial charge in [0.05, 0.1) is 15.5 Å². The maximum absolute atomic E-state index is 14.0. The van der Waals surface area contributed by atoms with E-state index in [1.165, 1.54) is 60.8 Å². The fourth-order valence-electron chi connectivity index (χ4n) is 4.46. The molecule has 202 valence electrons. The molecule has 1 aliphatic heterocycles. The standard InChI is InChI=1S/C24H23F2N3O6S3/c25-23(26)22-14-21-20(10-12-27-24(21)29(22)38(34,35)19-4-2-1-3-5-19)16-6-8-18(9-7-16)37(32,33)28-17-11-13-36(30,31)15-17/h1-10,12,14,17,23,28,30-31H,11,13,15H2. The van der Waals surface area contributed by atoms with Crippen molar-refractivity contribution in [1.29, 1.82) is 0 Å². The number of benzene rings is 2. The molecular weight excluding hydrogens is 560 g/mol. The molecule has 1 unspecified atom stereocenters. The Morgan fingerprint density at radius 3 is 2.26 bits per heavy atom. The quantitative estimate of drug-likeness (QED) is 0.287. The summed E-state index contributed by atoms with van der Waals surface area (Å²) in [4.78, 5) is 3.86. The third-order valence-electron chi connectivity index (χ3n) is 6.25. The van der Waals surface area contributed by atoms with Crippen LogP contribution in [0.5, 0.6) is 0 Å². The molecule has 5 rings (SSSR count). The van der Waals surface area contributed by atoms with Crippen molar-refractivity contribution in [2.75, 3.05) is 11.5 Å². The Hall–Kier alpha value is -2.88. The first-order valence-electron chi connectivity index (χ1n) is 11.3. The summed E-state index contributed by atoms with van der Waals surface area (Å²) in [5.41, 5.74) is -0.0722. The molecule has 1 aliphatic rings. The zero-order valence-corrected chi connectivity index (χ0v) is 22.1. The summed E-state index contributed by atoms with van der Waals surface area (Å²) < 4.78 is 103. The van der Waals surface area contributed by atoms with Gasteiger partial charge in [0.25, 0.3) is 16.4 Å². The molecule has 1 fully saturated rings. The van der Waals surface area contributed by atoms with E-state index in [-0.39, 0.29) is 32.3 Å². The van der Waals surface area contributed by atoms with E-state index in [4.69, 9.17) is 0 Å². The number of hydrogen-bond donors (Lipinski definition) is 3. The number of sulfonamides is 1. The van der Waals surface area contributed by atoms with E-state index in [0.717, 1.165) is 6.07 Å². The van der Waals surface area contributed by atoms with Crippen LogP contribution in [0.3, 0.4) is 0 Å². The molecule has 0 saturated carbocycles. The Morgan fingerprint density at radius 2 is 1.66 bits per heavy atom. The van der Waals surface area contributed by atoms with E-state index in [1.54, 1.807) is 6.07 Å². The Labute approximate surface area is 219 Å². The van der Waals surface area contributed by atoms with E-state index in [2.05, 4.69) is 9.71 Å². The fourth-order valence-corrected chi connectivity index (χ4v) is 9.06. The van der Waals surface area contributed by atoms with E-state index in [9.17, 15) is 34.7 Å². The third-order valence-corrected chi connectivity index (χ3v) is 11.3. The lowest BCUT2D eigenvalue weighted by molar-refractivity contribution is 0.145. The van der Waals surface area contributed by atoms with Crippen LogP contribution in [0.1, 0.15) is 18.5 Å². The number of hydrogen-bond acceptors (Lipinski definition) is 7. The minimum absolute atomic E-state index is 0.0470. The molecule has 1 saturated heterocycles. The van der Waals surface area contributed by atoms with Gasteiger partial charge >= 0.3 is 0 Å². The second-order valence-electron chi connectivity index (χ2n) is 8.85. The zero-order chi connectivity index (χ0) is 27.3. The maximum Gasteiger partial charge on any atom is 0.279 e. The number of halogens is 2. The highest BCUT2D eigenvalue weighted by molar-refractivity contribution is 8.24. The molecule has 1 atom stereocenters. The van der Waals surface area contributed by atoms with Crippen molar-refractivity contribution >= 4 is 41.7 Å². The largest absolute Gasteiger partial charge is 0.299 e. The summed E-state index contributed by atoms with van der Waals surface area (Å²) in [6.45, 7) is 0.